The number of nitrogens with zero attached hydrogens (tertiary/aromatic N) is 1. The van der Waals surface area contributed by atoms with Gasteiger partial charge < -0.3 is 14.4 Å². The highest BCUT2D eigenvalue weighted by atomic mass is 79.9. The van der Waals surface area contributed by atoms with Crippen molar-refractivity contribution in [1.29, 1.82) is 0 Å². The van der Waals surface area contributed by atoms with Gasteiger partial charge in [-0.25, -0.2) is 4.79 Å². The van der Waals surface area contributed by atoms with Gasteiger partial charge in [0.15, 0.2) is 0 Å². The number of ether oxygens (including phenoxy) is 1. The van der Waals surface area contributed by atoms with Gasteiger partial charge in [-0.3, -0.25) is 0 Å². The maximum atomic E-state index is 11.6. The van der Waals surface area contributed by atoms with Gasteiger partial charge in [-0.2, -0.15) is 0 Å². The van der Waals surface area contributed by atoms with Crippen molar-refractivity contribution < 1.29 is 14.6 Å². The number of hydrogen-bond donors (Lipinski definition) is 1. The summed E-state index contributed by atoms with van der Waals surface area (Å²) in [6, 6.07) is 13.7. The molecule has 3 aromatic rings. The number of rotatable bonds is 4. The van der Waals surface area contributed by atoms with Crippen LogP contribution in [0.1, 0.15) is 17.2 Å². The number of aliphatic hydroxyl groups is 1. The molecule has 1 saturated heterocycles. The number of carbonyl (C=O) groups excluding carboxylic acids is 1. The molecule has 2 heterocycles. The highest BCUT2D eigenvalue weighted by Gasteiger charge is 2.36. The molecule has 27 heavy (non-hydrogen) atoms. The number of aromatic nitrogens is 1. The van der Waals surface area contributed by atoms with Crippen molar-refractivity contribution in [3.8, 4) is 0 Å². The molecule has 1 fully saturated rings. The zero-order chi connectivity index (χ0) is 19.1. The highest BCUT2D eigenvalue weighted by Crippen LogP contribution is 2.37. The number of cyclic esters (lactones) is 1. The molecule has 0 bridgehead atoms. The minimum atomic E-state index is -0.893. The molecule has 138 valence electrons. The second-order valence-electron chi connectivity index (χ2n) is 6.68. The first-order valence-electron chi connectivity index (χ1n) is 8.51. The summed E-state index contributed by atoms with van der Waals surface area (Å²) in [5.74, 6) is -0.904. The lowest BCUT2D eigenvalue weighted by Gasteiger charge is -2.15. The van der Waals surface area contributed by atoms with Crippen molar-refractivity contribution in [3.05, 3.63) is 81.4 Å². The van der Waals surface area contributed by atoms with Crippen LogP contribution in [0.15, 0.2) is 65.3 Å². The van der Waals surface area contributed by atoms with Crippen LogP contribution in [-0.4, -0.2) is 22.2 Å². The largest absolute Gasteiger partial charge is 0.462 e. The van der Waals surface area contributed by atoms with E-state index in [2.05, 4.69) is 27.1 Å². The van der Waals surface area contributed by atoms with Gasteiger partial charge in [0.1, 0.15) is 6.61 Å². The average Bonchev–Trinajstić information content (AvgIpc) is 3.17. The highest BCUT2D eigenvalue weighted by molar-refractivity contribution is 9.10. The molecule has 0 spiro atoms. The van der Waals surface area contributed by atoms with Gasteiger partial charge in [0, 0.05) is 44.3 Å². The lowest BCUT2D eigenvalue weighted by molar-refractivity contribution is -0.135. The summed E-state index contributed by atoms with van der Waals surface area (Å²) in [5.41, 5.74) is 3.12. The number of fused-ring (bicyclic) bond motifs is 1. The van der Waals surface area contributed by atoms with E-state index in [1.807, 2.05) is 48.7 Å². The molecular weight excluding hydrogens is 430 g/mol. The third-order valence-electron chi connectivity index (χ3n) is 4.94. The molecule has 0 radical (unpaired) electrons. The van der Waals surface area contributed by atoms with E-state index >= 15 is 0 Å². The zero-order valence-electron chi connectivity index (χ0n) is 14.4. The molecule has 1 aromatic heterocycles. The molecule has 4 nitrogen and oxygen atoms in total. The zero-order valence-corrected chi connectivity index (χ0v) is 16.7. The molecule has 4 rings (SSSR count). The second kappa shape index (κ2) is 7.15. The second-order valence-corrected chi connectivity index (χ2v) is 8.03. The Kier molecular flexibility index (Phi) is 4.84. The van der Waals surface area contributed by atoms with Crippen molar-refractivity contribution in [2.24, 2.45) is 5.92 Å². The topological polar surface area (TPSA) is 51.5 Å². The molecular formula is C21H17BrClNO3. The Bertz CT molecular complexity index is 1040. The van der Waals surface area contributed by atoms with Crippen LogP contribution in [0.2, 0.25) is 5.02 Å². The SMILES string of the molecule is C=C1C(=O)OCC1C(O)c1cn(Cc2ccc(Br)cc2)c2ccc(Cl)cc12. The summed E-state index contributed by atoms with van der Waals surface area (Å²) in [7, 11) is 0. The molecule has 1 N–H and O–H groups in total. The normalized spacial score (nSPS) is 18.1. The summed E-state index contributed by atoms with van der Waals surface area (Å²) in [5, 5.41) is 12.4. The van der Waals surface area contributed by atoms with Gasteiger partial charge >= 0.3 is 5.97 Å². The van der Waals surface area contributed by atoms with Crippen LogP contribution in [0, 0.1) is 5.92 Å². The lowest BCUT2D eigenvalue weighted by atomic mass is 9.92. The predicted molar refractivity (Wildman–Crippen MR) is 109 cm³/mol. The maximum absolute atomic E-state index is 11.6. The smallest absolute Gasteiger partial charge is 0.333 e. The minimum Gasteiger partial charge on any atom is -0.462 e. The van der Waals surface area contributed by atoms with E-state index in [0.29, 0.717) is 22.7 Å². The summed E-state index contributed by atoms with van der Waals surface area (Å²) in [6.45, 7) is 4.56. The molecule has 0 amide bonds. The molecule has 0 aliphatic carbocycles. The Labute approximate surface area is 170 Å². The molecule has 1 aliphatic rings. The average molecular weight is 447 g/mol. The summed E-state index contributed by atoms with van der Waals surface area (Å²) < 4.78 is 8.14. The van der Waals surface area contributed by atoms with Crippen LogP contribution >= 0.6 is 27.5 Å². The Morgan fingerprint density at radius 3 is 2.70 bits per heavy atom. The number of halogens is 2. The Morgan fingerprint density at radius 2 is 2.04 bits per heavy atom. The summed E-state index contributed by atoms with van der Waals surface area (Å²) >= 11 is 9.65. The fraction of sp³-hybridized carbons (Fsp3) is 0.190. The van der Waals surface area contributed by atoms with E-state index in [9.17, 15) is 9.90 Å². The van der Waals surface area contributed by atoms with E-state index in [4.69, 9.17) is 16.3 Å². The van der Waals surface area contributed by atoms with Gasteiger partial charge in [0.2, 0.25) is 0 Å². The molecule has 2 unspecified atom stereocenters. The van der Waals surface area contributed by atoms with Crippen LogP contribution in [-0.2, 0) is 16.1 Å². The Hall–Kier alpha value is -2.08. The third kappa shape index (κ3) is 3.43. The van der Waals surface area contributed by atoms with Crippen molar-refractivity contribution in [2.45, 2.75) is 12.6 Å². The fourth-order valence-corrected chi connectivity index (χ4v) is 3.89. The van der Waals surface area contributed by atoms with Gasteiger partial charge in [0.25, 0.3) is 0 Å². The van der Waals surface area contributed by atoms with Crippen molar-refractivity contribution in [1.82, 2.24) is 4.57 Å². The van der Waals surface area contributed by atoms with Gasteiger partial charge in [0.05, 0.1) is 12.0 Å². The first-order valence-corrected chi connectivity index (χ1v) is 9.68. The fourth-order valence-electron chi connectivity index (χ4n) is 3.46. The molecule has 6 heteroatoms. The van der Waals surface area contributed by atoms with Crippen LogP contribution < -0.4 is 0 Å². The number of benzene rings is 2. The van der Waals surface area contributed by atoms with E-state index in [1.54, 1.807) is 0 Å². The van der Waals surface area contributed by atoms with Gasteiger partial charge in [-0.15, -0.1) is 0 Å². The molecule has 2 aromatic carbocycles. The van der Waals surface area contributed by atoms with Crippen LogP contribution in [0.5, 0.6) is 0 Å². The number of aliphatic hydroxyl groups excluding tert-OH is 1. The van der Waals surface area contributed by atoms with Crippen LogP contribution in [0.4, 0.5) is 0 Å². The van der Waals surface area contributed by atoms with Gasteiger partial charge in [-0.05, 0) is 35.9 Å². The number of hydrogen-bond acceptors (Lipinski definition) is 3. The minimum absolute atomic E-state index is 0.138. The van der Waals surface area contributed by atoms with Crippen molar-refractivity contribution in [3.63, 3.8) is 0 Å². The van der Waals surface area contributed by atoms with Gasteiger partial charge in [-0.1, -0.05) is 46.2 Å². The number of esters is 1. The predicted octanol–water partition coefficient (Wildman–Crippen LogP) is 4.87. The standard InChI is InChI=1S/C21H17BrClNO3/c1-12-18(11-27-21(12)26)20(25)17-10-24(9-13-2-4-14(22)5-3-13)19-7-6-15(23)8-16(17)19/h2-8,10,18,20,25H,1,9,11H2. The quantitative estimate of drug-likeness (QED) is 0.459. The third-order valence-corrected chi connectivity index (χ3v) is 5.71. The van der Waals surface area contributed by atoms with E-state index < -0.39 is 18.0 Å². The number of carbonyl (C=O) groups is 1. The van der Waals surface area contributed by atoms with E-state index in [1.165, 1.54) is 0 Å². The van der Waals surface area contributed by atoms with Crippen molar-refractivity contribution in [2.75, 3.05) is 6.61 Å². The lowest BCUT2D eigenvalue weighted by Crippen LogP contribution is -2.14. The summed E-state index contributed by atoms with van der Waals surface area (Å²) in [6.07, 6.45) is 1.03. The first-order chi connectivity index (χ1) is 12.9. The summed E-state index contributed by atoms with van der Waals surface area (Å²) in [4.78, 5) is 11.6. The van der Waals surface area contributed by atoms with Crippen LogP contribution in [0.3, 0.4) is 0 Å². The van der Waals surface area contributed by atoms with Crippen LogP contribution in [0.25, 0.3) is 10.9 Å². The molecule has 0 saturated carbocycles. The monoisotopic (exact) mass is 445 g/mol. The van der Waals surface area contributed by atoms with E-state index in [0.717, 1.165) is 20.9 Å². The Morgan fingerprint density at radius 1 is 1.30 bits per heavy atom. The Balaban J connectivity index is 1.76. The maximum Gasteiger partial charge on any atom is 0.333 e. The molecule has 2 atom stereocenters. The molecule has 1 aliphatic heterocycles. The van der Waals surface area contributed by atoms with E-state index in [-0.39, 0.29) is 6.61 Å². The first kappa shape index (κ1) is 18.3. The van der Waals surface area contributed by atoms with Crippen molar-refractivity contribution >= 4 is 44.4 Å².